The van der Waals surface area contributed by atoms with Gasteiger partial charge in [-0.05, 0) is 52.4 Å². The molecule has 152 valence electrons. The summed E-state index contributed by atoms with van der Waals surface area (Å²) in [6.45, 7) is 4.10. The quantitative estimate of drug-likeness (QED) is 0.448. The molecule has 4 aromatic rings. The van der Waals surface area contributed by atoms with Crippen molar-refractivity contribution < 1.29 is 4.39 Å². The Morgan fingerprint density at radius 3 is 2.40 bits per heavy atom. The summed E-state index contributed by atoms with van der Waals surface area (Å²) in [5.41, 5.74) is 3.01. The number of benzene rings is 2. The highest BCUT2D eigenvalue weighted by atomic mass is 19.1. The third kappa shape index (κ3) is 4.58. The van der Waals surface area contributed by atoms with Crippen LogP contribution in [0.15, 0.2) is 79.0 Å². The maximum absolute atomic E-state index is 13.3. The monoisotopic (exact) mass is 402 g/mol. The molecule has 0 N–H and O–H groups in total. The predicted octanol–water partition coefficient (Wildman–Crippen LogP) is 3.87. The molecule has 1 unspecified atom stereocenters. The van der Waals surface area contributed by atoms with Gasteiger partial charge in [-0.3, -0.25) is 9.88 Å². The van der Waals surface area contributed by atoms with E-state index in [9.17, 15) is 4.39 Å². The zero-order chi connectivity index (χ0) is 20.8. The van der Waals surface area contributed by atoms with Crippen LogP contribution in [-0.4, -0.2) is 36.6 Å². The molecular formula is C23H23FN6. The minimum absolute atomic E-state index is 0.216. The van der Waals surface area contributed by atoms with Crippen LogP contribution in [0.1, 0.15) is 35.6 Å². The summed E-state index contributed by atoms with van der Waals surface area (Å²) in [5, 5.41) is 12.5. The lowest BCUT2D eigenvalue weighted by Gasteiger charge is -2.29. The van der Waals surface area contributed by atoms with Crippen molar-refractivity contribution in [3.8, 4) is 0 Å². The average Bonchev–Trinajstić information content (AvgIpc) is 3.24. The molecular weight excluding hydrogens is 379 g/mol. The molecule has 30 heavy (non-hydrogen) atoms. The lowest BCUT2D eigenvalue weighted by Crippen LogP contribution is -2.32. The number of pyridine rings is 1. The molecule has 2 aromatic carbocycles. The van der Waals surface area contributed by atoms with Gasteiger partial charge in [0.1, 0.15) is 11.9 Å². The number of rotatable bonds is 8. The van der Waals surface area contributed by atoms with E-state index >= 15 is 0 Å². The molecule has 0 saturated heterocycles. The first-order chi connectivity index (χ1) is 14.7. The van der Waals surface area contributed by atoms with Gasteiger partial charge < -0.3 is 0 Å². The molecule has 7 heteroatoms. The average molecular weight is 402 g/mol. The first-order valence-corrected chi connectivity index (χ1v) is 9.94. The Morgan fingerprint density at radius 2 is 1.70 bits per heavy atom. The molecule has 4 rings (SSSR count). The van der Waals surface area contributed by atoms with Crippen LogP contribution in [0.25, 0.3) is 0 Å². The largest absolute Gasteiger partial charge is 0.284 e. The molecule has 0 aliphatic rings. The zero-order valence-electron chi connectivity index (χ0n) is 16.8. The van der Waals surface area contributed by atoms with E-state index < -0.39 is 0 Å². The fraction of sp³-hybridized carbons (Fsp3) is 0.217. The normalized spacial score (nSPS) is 12.2. The Labute approximate surface area is 175 Å². The minimum Gasteiger partial charge on any atom is -0.284 e. The Kier molecular flexibility index (Phi) is 6.20. The van der Waals surface area contributed by atoms with E-state index in [1.807, 2.05) is 36.4 Å². The molecule has 0 amide bonds. The van der Waals surface area contributed by atoms with E-state index in [-0.39, 0.29) is 11.9 Å². The molecule has 0 radical (unpaired) electrons. The van der Waals surface area contributed by atoms with Crippen molar-refractivity contribution in [2.24, 2.45) is 0 Å². The van der Waals surface area contributed by atoms with Gasteiger partial charge in [-0.25, -0.2) is 9.07 Å². The van der Waals surface area contributed by atoms with Gasteiger partial charge in [0, 0.05) is 12.7 Å². The first kappa shape index (κ1) is 19.8. The van der Waals surface area contributed by atoms with E-state index in [0.29, 0.717) is 12.4 Å². The van der Waals surface area contributed by atoms with Crippen LogP contribution in [0.5, 0.6) is 0 Å². The number of hydrogen-bond donors (Lipinski definition) is 0. The maximum atomic E-state index is 13.3. The molecule has 0 aliphatic heterocycles. The topological polar surface area (TPSA) is 59.7 Å². The molecule has 0 bridgehead atoms. The smallest absolute Gasteiger partial charge is 0.175 e. The van der Waals surface area contributed by atoms with Crippen molar-refractivity contribution >= 4 is 0 Å². The molecule has 0 fully saturated rings. The molecule has 2 heterocycles. The van der Waals surface area contributed by atoms with Crippen molar-refractivity contribution in [1.29, 1.82) is 0 Å². The van der Waals surface area contributed by atoms with Crippen LogP contribution in [0.2, 0.25) is 0 Å². The van der Waals surface area contributed by atoms with Gasteiger partial charge in [0.25, 0.3) is 0 Å². The van der Waals surface area contributed by atoms with E-state index in [2.05, 4.69) is 44.5 Å². The highest BCUT2D eigenvalue weighted by Crippen LogP contribution is 2.27. The highest BCUT2D eigenvalue weighted by molar-refractivity contribution is 5.21. The summed E-state index contributed by atoms with van der Waals surface area (Å²) in [6.07, 6.45) is 1.78. The SMILES string of the molecule is CCN(Cc1ccccc1)C(c1ccccn1)c1nnnn1Cc1ccc(F)cc1. The zero-order valence-corrected chi connectivity index (χ0v) is 16.8. The lowest BCUT2D eigenvalue weighted by atomic mass is 10.1. The predicted molar refractivity (Wildman–Crippen MR) is 112 cm³/mol. The van der Waals surface area contributed by atoms with Crippen LogP contribution in [0, 0.1) is 5.82 Å². The minimum atomic E-state index is -0.262. The Hall–Kier alpha value is -3.45. The Bertz CT molecular complexity index is 1050. The fourth-order valence-electron chi connectivity index (χ4n) is 3.51. The maximum Gasteiger partial charge on any atom is 0.175 e. The molecule has 0 spiro atoms. The summed E-state index contributed by atoms with van der Waals surface area (Å²) < 4.78 is 15.1. The van der Waals surface area contributed by atoms with Gasteiger partial charge >= 0.3 is 0 Å². The van der Waals surface area contributed by atoms with E-state index in [1.165, 1.54) is 17.7 Å². The Balaban J connectivity index is 1.70. The molecule has 1 atom stereocenters. The third-order valence-electron chi connectivity index (χ3n) is 5.02. The molecule has 0 aliphatic carbocycles. The van der Waals surface area contributed by atoms with Gasteiger partial charge in [0.15, 0.2) is 5.82 Å². The van der Waals surface area contributed by atoms with Crippen molar-refractivity contribution in [3.63, 3.8) is 0 Å². The summed E-state index contributed by atoms with van der Waals surface area (Å²) in [6, 6.07) is 22.4. The first-order valence-electron chi connectivity index (χ1n) is 9.94. The van der Waals surface area contributed by atoms with Crippen LogP contribution < -0.4 is 0 Å². The number of aromatic nitrogens is 5. The summed E-state index contributed by atoms with van der Waals surface area (Å²) in [4.78, 5) is 6.90. The Morgan fingerprint density at radius 1 is 0.933 bits per heavy atom. The number of hydrogen-bond acceptors (Lipinski definition) is 5. The number of halogens is 1. The second kappa shape index (κ2) is 9.37. The van der Waals surface area contributed by atoms with Crippen molar-refractivity contribution in [2.75, 3.05) is 6.54 Å². The van der Waals surface area contributed by atoms with Gasteiger partial charge in [0.2, 0.25) is 0 Å². The van der Waals surface area contributed by atoms with Crippen LogP contribution >= 0.6 is 0 Å². The fourth-order valence-corrected chi connectivity index (χ4v) is 3.51. The second-order valence-corrected chi connectivity index (χ2v) is 7.03. The summed E-state index contributed by atoms with van der Waals surface area (Å²) in [7, 11) is 0. The summed E-state index contributed by atoms with van der Waals surface area (Å²) in [5.74, 6) is 0.442. The van der Waals surface area contributed by atoms with E-state index in [4.69, 9.17) is 0 Å². The van der Waals surface area contributed by atoms with Gasteiger partial charge in [-0.2, -0.15) is 0 Å². The van der Waals surface area contributed by atoms with Gasteiger partial charge in [-0.15, -0.1) is 5.10 Å². The lowest BCUT2D eigenvalue weighted by molar-refractivity contribution is 0.212. The number of tetrazole rings is 1. The summed E-state index contributed by atoms with van der Waals surface area (Å²) >= 11 is 0. The number of nitrogens with zero attached hydrogens (tertiary/aromatic N) is 6. The van der Waals surface area contributed by atoms with Crippen LogP contribution in [0.3, 0.4) is 0 Å². The molecule has 6 nitrogen and oxygen atoms in total. The van der Waals surface area contributed by atoms with Crippen LogP contribution in [-0.2, 0) is 13.1 Å². The van der Waals surface area contributed by atoms with E-state index in [1.54, 1.807) is 23.0 Å². The van der Waals surface area contributed by atoms with Gasteiger partial charge in [-0.1, -0.05) is 55.5 Å². The standard InChI is InChI=1S/C23H23FN6/c1-2-29(16-18-8-4-3-5-9-18)22(21-10-6-7-15-25-21)23-26-27-28-30(23)17-19-11-13-20(24)14-12-19/h3-15,22H,2,16-17H2,1H3. The van der Waals surface area contributed by atoms with E-state index in [0.717, 1.165) is 24.3 Å². The van der Waals surface area contributed by atoms with Gasteiger partial charge in [0.05, 0.1) is 12.2 Å². The molecule has 0 saturated carbocycles. The van der Waals surface area contributed by atoms with Crippen molar-refractivity contribution in [2.45, 2.75) is 26.1 Å². The van der Waals surface area contributed by atoms with Crippen molar-refractivity contribution in [1.82, 2.24) is 30.1 Å². The second-order valence-electron chi connectivity index (χ2n) is 7.03. The molecule has 2 aromatic heterocycles. The third-order valence-corrected chi connectivity index (χ3v) is 5.02. The van der Waals surface area contributed by atoms with Crippen LogP contribution in [0.4, 0.5) is 4.39 Å². The van der Waals surface area contributed by atoms with Crippen molar-refractivity contribution in [3.05, 3.63) is 107 Å². The highest BCUT2D eigenvalue weighted by Gasteiger charge is 2.28.